The molecule has 2 heterocycles. The van der Waals surface area contributed by atoms with Gasteiger partial charge in [-0.1, -0.05) is 18.2 Å². The van der Waals surface area contributed by atoms with Gasteiger partial charge in [0.2, 0.25) is 0 Å². The monoisotopic (exact) mass is 294 g/mol. The molecule has 0 aliphatic carbocycles. The van der Waals surface area contributed by atoms with Crippen molar-refractivity contribution in [3.05, 3.63) is 46.9 Å². The van der Waals surface area contributed by atoms with E-state index in [1.165, 1.54) is 22.4 Å². The number of rotatable bonds is 3. The van der Waals surface area contributed by atoms with E-state index in [0.29, 0.717) is 0 Å². The number of aromatic nitrogens is 3. The normalized spacial score (nSPS) is 11.1. The Morgan fingerprint density at radius 2 is 1.68 bits per heavy atom. The average molecular weight is 294 g/mol. The lowest BCUT2D eigenvalue weighted by molar-refractivity contribution is 1.01. The minimum Gasteiger partial charge on any atom is -0.370 e. The van der Waals surface area contributed by atoms with Crippen LogP contribution in [0.2, 0.25) is 0 Å². The fourth-order valence-electron chi connectivity index (χ4n) is 3.07. The molecule has 1 N–H and O–H groups in total. The molecule has 0 spiro atoms. The van der Waals surface area contributed by atoms with Crippen LogP contribution in [0.3, 0.4) is 0 Å². The summed E-state index contributed by atoms with van der Waals surface area (Å²) in [5.41, 5.74) is 5.87. The minimum atomic E-state index is 0.786. The van der Waals surface area contributed by atoms with Crippen molar-refractivity contribution in [2.45, 2.75) is 34.6 Å². The summed E-state index contributed by atoms with van der Waals surface area (Å²) in [4.78, 5) is 9.28. The van der Waals surface area contributed by atoms with Crippen LogP contribution < -0.4 is 5.32 Å². The molecule has 4 heteroatoms. The number of hydrogen-bond acceptors (Lipinski definition) is 3. The Bertz CT molecular complexity index is 826. The molecule has 0 bridgehead atoms. The van der Waals surface area contributed by atoms with Crippen LogP contribution in [-0.4, -0.2) is 21.1 Å². The number of hydrogen-bond donors (Lipinski definition) is 1. The quantitative estimate of drug-likeness (QED) is 0.791. The van der Waals surface area contributed by atoms with Crippen LogP contribution in [0.4, 0.5) is 5.82 Å². The molecule has 114 valence electrons. The first-order chi connectivity index (χ1) is 10.5. The molecule has 0 radical (unpaired) electrons. The van der Waals surface area contributed by atoms with Crippen LogP contribution in [-0.2, 0) is 0 Å². The van der Waals surface area contributed by atoms with Crippen LogP contribution in [0, 0.1) is 27.7 Å². The van der Waals surface area contributed by atoms with Gasteiger partial charge in [0.05, 0.1) is 11.1 Å². The zero-order valence-corrected chi connectivity index (χ0v) is 13.9. The number of nitrogens with zero attached hydrogens (tertiary/aromatic N) is 3. The van der Waals surface area contributed by atoms with Gasteiger partial charge in [-0.15, -0.1) is 0 Å². The predicted octanol–water partition coefficient (Wildman–Crippen LogP) is 4.09. The van der Waals surface area contributed by atoms with Crippen molar-refractivity contribution in [3.8, 4) is 5.69 Å². The number of aryl methyl sites for hydroxylation is 4. The van der Waals surface area contributed by atoms with E-state index in [-0.39, 0.29) is 0 Å². The van der Waals surface area contributed by atoms with Gasteiger partial charge < -0.3 is 9.88 Å². The number of para-hydroxylation sites is 1. The van der Waals surface area contributed by atoms with E-state index >= 15 is 0 Å². The molecular formula is C18H22N4. The van der Waals surface area contributed by atoms with E-state index in [2.05, 4.69) is 67.0 Å². The lowest BCUT2D eigenvalue weighted by Crippen LogP contribution is -2.05. The van der Waals surface area contributed by atoms with Gasteiger partial charge in [-0.05, 0) is 51.3 Å². The smallest absolute Gasteiger partial charge is 0.150 e. The highest BCUT2D eigenvalue weighted by Crippen LogP contribution is 2.30. The fourth-order valence-corrected chi connectivity index (χ4v) is 3.07. The highest BCUT2D eigenvalue weighted by atomic mass is 15.1. The molecule has 0 unspecified atom stereocenters. The van der Waals surface area contributed by atoms with Gasteiger partial charge in [0.25, 0.3) is 0 Å². The Morgan fingerprint density at radius 1 is 1.00 bits per heavy atom. The number of nitrogens with one attached hydrogen (secondary N) is 1. The first-order valence-electron chi connectivity index (χ1n) is 7.69. The fraction of sp³-hybridized carbons (Fsp3) is 0.333. The molecule has 0 fully saturated rings. The summed E-state index contributed by atoms with van der Waals surface area (Å²) < 4.78 is 2.20. The van der Waals surface area contributed by atoms with Crippen molar-refractivity contribution in [2.24, 2.45) is 0 Å². The van der Waals surface area contributed by atoms with Gasteiger partial charge in [0, 0.05) is 12.7 Å². The second kappa shape index (κ2) is 5.44. The van der Waals surface area contributed by atoms with Gasteiger partial charge >= 0.3 is 0 Å². The predicted molar refractivity (Wildman–Crippen MR) is 92.0 cm³/mol. The molecular weight excluding hydrogens is 272 g/mol. The number of fused-ring (bicyclic) bond motifs is 1. The molecule has 0 saturated carbocycles. The highest BCUT2D eigenvalue weighted by molar-refractivity contribution is 5.92. The largest absolute Gasteiger partial charge is 0.370 e. The van der Waals surface area contributed by atoms with Gasteiger partial charge in [-0.2, -0.15) is 0 Å². The lowest BCUT2D eigenvalue weighted by Gasteiger charge is -2.13. The maximum absolute atomic E-state index is 4.71. The Balaban J connectivity index is 2.37. The van der Waals surface area contributed by atoms with E-state index in [1.54, 1.807) is 0 Å². The van der Waals surface area contributed by atoms with Crippen molar-refractivity contribution in [1.29, 1.82) is 0 Å². The number of anilines is 1. The highest BCUT2D eigenvalue weighted by Gasteiger charge is 2.16. The van der Waals surface area contributed by atoms with Crippen LogP contribution in [0.5, 0.6) is 0 Å². The van der Waals surface area contributed by atoms with E-state index in [4.69, 9.17) is 4.98 Å². The minimum absolute atomic E-state index is 0.786. The van der Waals surface area contributed by atoms with E-state index in [9.17, 15) is 0 Å². The molecule has 0 amide bonds. The van der Waals surface area contributed by atoms with E-state index in [0.717, 1.165) is 29.2 Å². The summed E-state index contributed by atoms with van der Waals surface area (Å²) in [5, 5.41) is 4.47. The zero-order valence-electron chi connectivity index (χ0n) is 13.9. The van der Waals surface area contributed by atoms with E-state index < -0.39 is 0 Å². The van der Waals surface area contributed by atoms with Crippen molar-refractivity contribution >= 4 is 16.9 Å². The second-order valence-electron chi connectivity index (χ2n) is 5.77. The summed E-state index contributed by atoms with van der Waals surface area (Å²) in [6, 6.07) is 6.38. The standard InChI is InChI=1S/C18H22N4/c1-6-19-17-15-13(4)10-22(18(15)21-14(5)20-17)16-11(2)8-7-9-12(16)3/h7-10H,6H2,1-5H3,(H,19,20,21). The average Bonchev–Trinajstić information content (AvgIpc) is 2.76. The zero-order chi connectivity index (χ0) is 15.9. The molecule has 0 aliphatic rings. The molecule has 3 aromatic rings. The molecule has 0 atom stereocenters. The van der Waals surface area contributed by atoms with Crippen molar-refractivity contribution in [1.82, 2.24) is 14.5 Å². The van der Waals surface area contributed by atoms with Crippen molar-refractivity contribution in [3.63, 3.8) is 0 Å². The molecule has 2 aromatic heterocycles. The van der Waals surface area contributed by atoms with E-state index in [1.807, 2.05) is 6.92 Å². The van der Waals surface area contributed by atoms with Crippen molar-refractivity contribution < 1.29 is 0 Å². The molecule has 1 aromatic carbocycles. The molecule has 4 nitrogen and oxygen atoms in total. The summed E-state index contributed by atoms with van der Waals surface area (Å²) in [6.45, 7) is 11.3. The summed E-state index contributed by atoms with van der Waals surface area (Å²) in [7, 11) is 0. The molecule has 0 aliphatic heterocycles. The Morgan fingerprint density at radius 3 is 2.32 bits per heavy atom. The van der Waals surface area contributed by atoms with Gasteiger partial charge in [0.15, 0.2) is 5.65 Å². The van der Waals surface area contributed by atoms with Crippen LogP contribution >= 0.6 is 0 Å². The topological polar surface area (TPSA) is 42.7 Å². The molecule has 0 saturated heterocycles. The summed E-state index contributed by atoms with van der Waals surface area (Å²) in [6.07, 6.45) is 2.16. The van der Waals surface area contributed by atoms with Crippen LogP contribution in [0.15, 0.2) is 24.4 Å². The summed E-state index contributed by atoms with van der Waals surface area (Å²) in [5.74, 6) is 1.71. The third kappa shape index (κ3) is 2.25. The Labute approximate surface area is 131 Å². The lowest BCUT2D eigenvalue weighted by atomic mass is 10.1. The van der Waals surface area contributed by atoms with Crippen LogP contribution in [0.1, 0.15) is 29.4 Å². The number of benzene rings is 1. The molecule has 3 rings (SSSR count). The van der Waals surface area contributed by atoms with Gasteiger partial charge in [-0.25, -0.2) is 9.97 Å². The summed E-state index contributed by atoms with van der Waals surface area (Å²) >= 11 is 0. The molecule has 22 heavy (non-hydrogen) atoms. The Hall–Kier alpha value is -2.36. The third-order valence-corrected chi connectivity index (χ3v) is 3.97. The van der Waals surface area contributed by atoms with Gasteiger partial charge in [0.1, 0.15) is 11.6 Å². The van der Waals surface area contributed by atoms with Gasteiger partial charge in [-0.3, -0.25) is 0 Å². The second-order valence-corrected chi connectivity index (χ2v) is 5.77. The maximum Gasteiger partial charge on any atom is 0.150 e. The first-order valence-corrected chi connectivity index (χ1v) is 7.69. The third-order valence-electron chi connectivity index (χ3n) is 3.97. The first kappa shape index (κ1) is 14.6. The SMILES string of the molecule is CCNc1nc(C)nc2c1c(C)cn2-c1c(C)cccc1C. The van der Waals surface area contributed by atoms with Crippen LogP contribution in [0.25, 0.3) is 16.7 Å². The van der Waals surface area contributed by atoms with Crippen molar-refractivity contribution in [2.75, 3.05) is 11.9 Å². The Kier molecular flexibility index (Phi) is 3.61. The maximum atomic E-state index is 4.71.